The van der Waals surface area contributed by atoms with Gasteiger partial charge in [-0.2, -0.15) is 0 Å². The third-order valence-electron chi connectivity index (χ3n) is 11.5. The minimum atomic E-state index is 0.179. The van der Waals surface area contributed by atoms with Gasteiger partial charge in [0.1, 0.15) is 0 Å². The second kappa shape index (κ2) is 11.6. The predicted octanol–water partition coefficient (Wildman–Crippen LogP) is 12.1. The van der Waals surface area contributed by atoms with Crippen molar-refractivity contribution >= 4 is 99.2 Å². The van der Waals surface area contributed by atoms with Crippen LogP contribution in [0.4, 0.5) is 0 Å². The molecule has 0 saturated heterocycles. The van der Waals surface area contributed by atoms with E-state index in [1.807, 2.05) is 36.4 Å². The van der Waals surface area contributed by atoms with Gasteiger partial charge in [0.15, 0.2) is 0 Å². The zero-order chi connectivity index (χ0) is 37.1. The number of hydrogen-bond donors (Lipinski definition) is 0. The van der Waals surface area contributed by atoms with Crippen molar-refractivity contribution in [3.05, 3.63) is 175 Å². The average molecular weight is 777 g/mol. The first-order valence-electron chi connectivity index (χ1n) is 18.5. The summed E-state index contributed by atoms with van der Waals surface area (Å²) >= 11 is 0.179. The van der Waals surface area contributed by atoms with Crippen LogP contribution < -0.4 is 0 Å². The normalized spacial score (nSPS) is 11.9. The molecule has 5 nitrogen and oxygen atoms in total. The van der Waals surface area contributed by atoms with E-state index in [1.165, 1.54) is 62.9 Å². The van der Waals surface area contributed by atoms with E-state index < -0.39 is 0 Å². The maximum atomic E-state index is 9.72. The number of benzene rings is 8. The first-order valence-corrected chi connectivity index (χ1v) is 20.3. The van der Waals surface area contributed by atoms with Gasteiger partial charge in [0.05, 0.1) is 0 Å². The second-order valence-electron chi connectivity index (χ2n) is 14.4. The Kier molecular flexibility index (Phi) is 6.42. The summed E-state index contributed by atoms with van der Waals surface area (Å²) in [5.41, 5.74) is 11.3. The molecule has 12 aromatic rings. The Bertz CT molecular complexity index is 3660. The summed E-state index contributed by atoms with van der Waals surface area (Å²) in [7, 11) is 0. The van der Waals surface area contributed by atoms with E-state index in [1.54, 1.807) is 0 Å². The molecule has 0 bridgehead atoms. The fourth-order valence-corrected chi connectivity index (χ4v) is 11.3. The fourth-order valence-electron chi connectivity index (χ4n) is 9.04. The van der Waals surface area contributed by atoms with Gasteiger partial charge in [-0.25, -0.2) is 0 Å². The van der Waals surface area contributed by atoms with Crippen molar-refractivity contribution in [2.45, 2.75) is 0 Å². The molecule has 6 heteroatoms. The molecule has 0 amide bonds. The van der Waals surface area contributed by atoms with Gasteiger partial charge >= 0.3 is 309 Å². The van der Waals surface area contributed by atoms with E-state index in [4.69, 9.17) is 0 Å². The third-order valence-corrected chi connectivity index (χ3v) is 13.9. The van der Waals surface area contributed by atoms with Gasteiger partial charge < -0.3 is 0 Å². The second-order valence-corrected chi connectivity index (χ2v) is 16.7. The predicted molar refractivity (Wildman–Crippen MR) is 231 cm³/mol. The Morgan fingerprint density at radius 2 is 0.750 bits per heavy atom. The van der Waals surface area contributed by atoms with Crippen molar-refractivity contribution in [3.8, 4) is 29.2 Å². The molecular weight excluding hydrogens is 750 g/mol. The molecule has 0 aliphatic carbocycles. The van der Waals surface area contributed by atoms with E-state index in [0.717, 1.165) is 38.9 Å². The van der Waals surface area contributed by atoms with Crippen LogP contribution in [0.25, 0.3) is 102 Å². The number of rotatable bonds is 3. The molecule has 0 aliphatic heterocycles. The van der Waals surface area contributed by atoms with Crippen LogP contribution in [0.2, 0.25) is 0 Å². The number of aromatic nitrogens is 3. The SMILES string of the molecule is N#Cc1ccc2c(c1)c1cc(C#N)ccc1n2-c1ccc2[se]c3ccc(-n4c5ccccc5c5cc6c(cc54)c4ccccc4n6-c4ccccc4)cc3c2c1. The van der Waals surface area contributed by atoms with Gasteiger partial charge in [-0.05, 0) is 0 Å². The maximum absolute atomic E-state index is 9.72. The van der Waals surface area contributed by atoms with Crippen LogP contribution in [-0.2, 0) is 0 Å². The van der Waals surface area contributed by atoms with Gasteiger partial charge in [0.25, 0.3) is 0 Å². The number of nitriles is 2. The Hall–Kier alpha value is -7.34. The summed E-state index contributed by atoms with van der Waals surface area (Å²) in [5.74, 6) is 0. The van der Waals surface area contributed by atoms with Crippen molar-refractivity contribution in [1.82, 2.24) is 13.7 Å². The summed E-state index contributed by atoms with van der Waals surface area (Å²) in [6.45, 7) is 0. The number of hydrogen-bond acceptors (Lipinski definition) is 2. The monoisotopic (exact) mass is 777 g/mol. The summed E-state index contributed by atoms with van der Waals surface area (Å²) in [5, 5.41) is 28.8. The number of nitrogens with zero attached hydrogens (tertiary/aromatic N) is 5. The Balaban J connectivity index is 1.10. The molecule has 8 aromatic carbocycles. The minimum absolute atomic E-state index is 0.179. The Labute approximate surface area is 326 Å². The first kappa shape index (κ1) is 31.1. The van der Waals surface area contributed by atoms with Crippen LogP contribution in [-0.4, -0.2) is 28.2 Å². The standard InChI is InChI=1S/C50H27N5Se/c51-28-30-14-18-45-37(22-30)38-23-31(29-52)15-19-46(38)54(45)33-16-20-49-41(24-33)42-25-34(17-21-50(42)56-49)55-44-13-7-5-11-36(44)40-26-47-39(27-48(40)55)35-10-4-6-12-43(35)53(47)32-8-2-1-3-9-32/h1-27H. The third kappa shape index (κ3) is 4.29. The molecule has 4 aromatic heterocycles. The van der Waals surface area contributed by atoms with Crippen molar-refractivity contribution < 1.29 is 0 Å². The summed E-state index contributed by atoms with van der Waals surface area (Å²) in [6, 6.07) is 63.0. The summed E-state index contributed by atoms with van der Waals surface area (Å²) in [6.07, 6.45) is 0. The van der Waals surface area contributed by atoms with E-state index in [2.05, 4.69) is 153 Å². The van der Waals surface area contributed by atoms with E-state index >= 15 is 0 Å². The average Bonchev–Trinajstić information content (AvgIpc) is 3.98. The molecule has 0 atom stereocenters. The van der Waals surface area contributed by atoms with Crippen LogP contribution in [0, 0.1) is 22.7 Å². The van der Waals surface area contributed by atoms with E-state index in [0.29, 0.717) is 11.1 Å². The first-order chi connectivity index (χ1) is 27.7. The Morgan fingerprint density at radius 3 is 1.27 bits per heavy atom. The van der Waals surface area contributed by atoms with E-state index in [9.17, 15) is 10.5 Å². The molecule has 0 saturated carbocycles. The van der Waals surface area contributed by atoms with Gasteiger partial charge in [-0.1, -0.05) is 18.2 Å². The molecule has 12 rings (SSSR count). The van der Waals surface area contributed by atoms with Gasteiger partial charge in [0.2, 0.25) is 0 Å². The summed E-state index contributed by atoms with van der Waals surface area (Å²) in [4.78, 5) is 0. The molecule has 0 N–H and O–H groups in total. The van der Waals surface area contributed by atoms with Crippen molar-refractivity contribution in [3.63, 3.8) is 0 Å². The molecule has 258 valence electrons. The van der Waals surface area contributed by atoms with Gasteiger partial charge in [-0.3, -0.25) is 0 Å². The molecule has 0 aliphatic rings. The molecule has 56 heavy (non-hydrogen) atoms. The topological polar surface area (TPSA) is 62.4 Å². The van der Waals surface area contributed by atoms with E-state index in [-0.39, 0.29) is 14.5 Å². The molecule has 0 radical (unpaired) electrons. The van der Waals surface area contributed by atoms with Crippen molar-refractivity contribution in [2.75, 3.05) is 0 Å². The molecule has 0 unspecified atom stereocenters. The van der Waals surface area contributed by atoms with Crippen LogP contribution in [0.15, 0.2) is 164 Å². The fraction of sp³-hybridized carbons (Fsp3) is 0. The molecule has 4 heterocycles. The zero-order valence-electron chi connectivity index (χ0n) is 29.7. The van der Waals surface area contributed by atoms with Gasteiger partial charge in [0, 0.05) is 0 Å². The van der Waals surface area contributed by atoms with Crippen molar-refractivity contribution in [1.29, 1.82) is 10.5 Å². The van der Waals surface area contributed by atoms with Gasteiger partial charge in [-0.15, -0.1) is 0 Å². The molecule has 0 spiro atoms. The number of fused-ring (bicyclic) bond motifs is 12. The molecule has 0 fully saturated rings. The van der Waals surface area contributed by atoms with Crippen LogP contribution >= 0.6 is 0 Å². The van der Waals surface area contributed by atoms with Crippen LogP contribution in [0.5, 0.6) is 0 Å². The zero-order valence-corrected chi connectivity index (χ0v) is 31.4. The molecular formula is C50H27N5Se. The van der Waals surface area contributed by atoms with Crippen LogP contribution in [0.3, 0.4) is 0 Å². The van der Waals surface area contributed by atoms with Crippen molar-refractivity contribution in [2.24, 2.45) is 0 Å². The Morgan fingerprint density at radius 1 is 0.321 bits per heavy atom. The van der Waals surface area contributed by atoms with Crippen LogP contribution in [0.1, 0.15) is 11.1 Å². The summed E-state index contributed by atoms with van der Waals surface area (Å²) < 4.78 is 9.85. The number of para-hydroxylation sites is 3. The quantitative estimate of drug-likeness (QED) is 0.168.